The highest BCUT2D eigenvalue weighted by Gasteiger charge is 2.28. The van der Waals surface area contributed by atoms with Crippen LogP contribution in [0.3, 0.4) is 0 Å². The third-order valence-corrected chi connectivity index (χ3v) is 7.31. The van der Waals surface area contributed by atoms with E-state index < -0.39 is 5.97 Å². The van der Waals surface area contributed by atoms with E-state index in [0.29, 0.717) is 23.7 Å². The molecule has 0 saturated carbocycles. The maximum absolute atomic E-state index is 12.9. The molecule has 0 aliphatic carbocycles. The largest absolute Gasteiger partial charge is 0.462 e. The van der Waals surface area contributed by atoms with Gasteiger partial charge in [0.15, 0.2) is 0 Å². The van der Waals surface area contributed by atoms with Crippen molar-refractivity contribution in [2.24, 2.45) is 5.92 Å². The molecule has 1 aliphatic heterocycles. The van der Waals surface area contributed by atoms with Gasteiger partial charge in [-0.1, -0.05) is 50.1 Å². The third-order valence-electron chi connectivity index (χ3n) is 6.28. The first-order valence-corrected chi connectivity index (χ1v) is 13.4. The summed E-state index contributed by atoms with van der Waals surface area (Å²) in [6, 6.07) is 9.68. The lowest BCUT2D eigenvalue weighted by Crippen LogP contribution is -2.43. The zero-order valence-corrected chi connectivity index (χ0v) is 21.8. The molecule has 0 bridgehead atoms. The molecule has 2 heterocycles. The van der Waals surface area contributed by atoms with Crippen molar-refractivity contribution in [3.05, 3.63) is 40.8 Å². The molecular weight excluding hydrogens is 462 g/mol. The van der Waals surface area contributed by atoms with Crippen molar-refractivity contribution in [2.45, 2.75) is 52.9 Å². The molecule has 0 spiro atoms. The van der Waals surface area contributed by atoms with Crippen LogP contribution in [0.5, 0.6) is 0 Å². The Balaban J connectivity index is 1.60. The predicted molar refractivity (Wildman–Crippen MR) is 141 cm³/mol. The lowest BCUT2D eigenvalue weighted by molar-refractivity contribution is -0.126. The van der Waals surface area contributed by atoms with Gasteiger partial charge in [-0.25, -0.2) is 4.79 Å². The van der Waals surface area contributed by atoms with Crippen LogP contribution in [0.1, 0.15) is 61.2 Å². The summed E-state index contributed by atoms with van der Waals surface area (Å²) in [5.74, 6) is -0.456. The molecule has 0 unspecified atom stereocenters. The van der Waals surface area contributed by atoms with Crippen molar-refractivity contribution >= 4 is 34.1 Å². The summed E-state index contributed by atoms with van der Waals surface area (Å²) in [7, 11) is 0. The van der Waals surface area contributed by atoms with Crippen LogP contribution >= 0.6 is 11.3 Å². The molecule has 2 amide bonds. The molecule has 1 aromatic heterocycles. The van der Waals surface area contributed by atoms with Gasteiger partial charge in [0.1, 0.15) is 10.6 Å². The number of nitrogens with zero attached hydrogens (tertiary/aromatic N) is 1. The highest BCUT2D eigenvalue weighted by Crippen LogP contribution is 2.40. The first kappa shape index (κ1) is 26.9. The summed E-state index contributed by atoms with van der Waals surface area (Å²) in [5.41, 5.74) is 2.13. The number of ether oxygens (including phenoxy) is 1. The molecule has 8 heteroatoms. The average Bonchev–Trinajstić information content (AvgIpc) is 3.18. The number of carbonyl (C=O) groups excluding carboxylic acids is 3. The first-order chi connectivity index (χ1) is 16.9. The number of likely N-dealkylation sites (tertiary alicyclic amines) is 1. The monoisotopic (exact) mass is 499 g/mol. The zero-order chi connectivity index (χ0) is 25.2. The van der Waals surface area contributed by atoms with Crippen molar-refractivity contribution in [3.63, 3.8) is 0 Å². The number of benzene rings is 1. The second kappa shape index (κ2) is 13.4. The fourth-order valence-electron chi connectivity index (χ4n) is 4.44. The molecule has 1 fully saturated rings. The van der Waals surface area contributed by atoms with Gasteiger partial charge in [-0.05, 0) is 51.8 Å². The van der Waals surface area contributed by atoms with Crippen LogP contribution in [0, 0.1) is 12.8 Å². The number of anilines is 1. The van der Waals surface area contributed by atoms with Crippen LogP contribution in [-0.4, -0.2) is 55.5 Å². The normalized spacial score (nSPS) is 14.5. The van der Waals surface area contributed by atoms with Gasteiger partial charge in [-0.2, -0.15) is 0 Å². The number of rotatable bonds is 11. The SMILES string of the molecule is CCCCCNC(=O)C1CCN(CC(=O)Nc2sc(C)c(-c3ccccc3)c2C(=O)OCC)CC1. The molecule has 3 rings (SSSR count). The molecule has 1 aromatic carbocycles. The van der Waals surface area contributed by atoms with Crippen molar-refractivity contribution < 1.29 is 19.1 Å². The molecule has 1 saturated heterocycles. The molecule has 2 N–H and O–H groups in total. The smallest absolute Gasteiger partial charge is 0.341 e. The summed E-state index contributed by atoms with van der Waals surface area (Å²) in [6.07, 6.45) is 4.77. The fraction of sp³-hybridized carbons (Fsp3) is 0.519. The van der Waals surface area contributed by atoms with E-state index in [9.17, 15) is 14.4 Å². The number of nitrogens with one attached hydrogen (secondary N) is 2. The lowest BCUT2D eigenvalue weighted by Gasteiger charge is -2.30. The Morgan fingerprint density at radius 2 is 1.80 bits per heavy atom. The summed E-state index contributed by atoms with van der Waals surface area (Å²) in [6.45, 7) is 8.49. The third kappa shape index (κ3) is 7.39. The maximum atomic E-state index is 12.9. The van der Waals surface area contributed by atoms with E-state index in [2.05, 4.69) is 22.5 Å². The fourth-order valence-corrected chi connectivity index (χ4v) is 5.52. The summed E-state index contributed by atoms with van der Waals surface area (Å²) in [4.78, 5) is 41.2. The van der Waals surface area contributed by atoms with Gasteiger partial charge in [0, 0.05) is 22.9 Å². The van der Waals surface area contributed by atoms with E-state index in [1.165, 1.54) is 11.3 Å². The Labute approximate surface area is 212 Å². The summed E-state index contributed by atoms with van der Waals surface area (Å²) < 4.78 is 5.32. The number of piperidine rings is 1. The minimum atomic E-state index is -0.434. The Hall–Kier alpha value is -2.71. The van der Waals surface area contributed by atoms with Gasteiger partial charge in [0.05, 0.1) is 13.2 Å². The molecule has 190 valence electrons. The Bertz CT molecular complexity index is 997. The Kier molecular flexibility index (Phi) is 10.3. The Morgan fingerprint density at radius 1 is 1.09 bits per heavy atom. The molecule has 0 radical (unpaired) electrons. The maximum Gasteiger partial charge on any atom is 0.341 e. The van der Waals surface area contributed by atoms with E-state index in [-0.39, 0.29) is 30.9 Å². The highest BCUT2D eigenvalue weighted by atomic mass is 32.1. The molecule has 35 heavy (non-hydrogen) atoms. The number of esters is 1. The number of hydrogen-bond donors (Lipinski definition) is 2. The lowest BCUT2D eigenvalue weighted by atomic mass is 9.96. The van der Waals surface area contributed by atoms with Gasteiger partial charge >= 0.3 is 5.97 Å². The van der Waals surface area contributed by atoms with Gasteiger partial charge in [0.2, 0.25) is 11.8 Å². The number of aryl methyl sites for hydroxylation is 1. The number of amides is 2. The van der Waals surface area contributed by atoms with Crippen molar-refractivity contribution in [2.75, 3.05) is 38.1 Å². The summed E-state index contributed by atoms with van der Waals surface area (Å²) in [5, 5.41) is 6.52. The number of unbranched alkanes of at least 4 members (excludes halogenated alkanes) is 2. The second-order valence-electron chi connectivity index (χ2n) is 8.92. The number of carbonyl (C=O) groups is 3. The molecule has 7 nitrogen and oxygen atoms in total. The first-order valence-electron chi connectivity index (χ1n) is 12.6. The van der Waals surface area contributed by atoms with E-state index in [1.807, 2.05) is 37.3 Å². The number of thiophene rings is 1. The van der Waals surface area contributed by atoms with Gasteiger partial charge < -0.3 is 15.4 Å². The summed E-state index contributed by atoms with van der Waals surface area (Å²) >= 11 is 1.39. The highest BCUT2D eigenvalue weighted by molar-refractivity contribution is 7.17. The van der Waals surface area contributed by atoms with Gasteiger partial charge in [0.25, 0.3) is 0 Å². The zero-order valence-electron chi connectivity index (χ0n) is 21.0. The minimum absolute atomic E-state index is 0.0136. The van der Waals surface area contributed by atoms with E-state index in [1.54, 1.807) is 6.92 Å². The molecule has 2 aromatic rings. The van der Waals surface area contributed by atoms with Gasteiger partial charge in [-0.15, -0.1) is 11.3 Å². The van der Waals surface area contributed by atoms with Crippen molar-refractivity contribution in [1.29, 1.82) is 0 Å². The standard InChI is InChI=1S/C27H37N3O4S/c1-4-6-10-15-28-25(32)21-13-16-30(17-14-21)18-22(31)29-26-24(27(33)34-5-2)23(19(3)35-26)20-11-8-7-9-12-20/h7-9,11-12,21H,4-6,10,13-18H2,1-3H3,(H,28,32)(H,29,31). The second-order valence-corrected chi connectivity index (χ2v) is 10.1. The Morgan fingerprint density at radius 3 is 2.46 bits per heavy atom. The van der Waals surface area contributed by atoms with E-state index >= 15 is 0 Å². The molecule has 0 atom stereocenters. The number of hydrogen-bond acceptors (Lipinski definition) is 6. The predicted octanol–water partition coefficient (Wildman–Crippen LogP) is 4.86. The molecule has 1 aliphatic rings. The quantitative estimate of drug-likeness (QED) is 0.341. The van der Waals surface area contributed by atoms with Crippen molar-refractivity contribution in [1.82, 2.24) is 10.2 Å². The van der Waals surface area contributed by atoms with Crippen LogP contribution in [-0.2, 0) is 14.3 Å². The van der Waals surface area contributed by atoms with Crippen LogP contribution in [0.2, 0.25) is 0 Å². The minimum Gasteiger partial charge on any atom is -0.462 e. The van der Waals surface area contributed by atoms with E-state index in [0.717, 1.165) is 54.7 Å². The van der Waals surface area contributed by atoms with Gasteiger partial charge in [-0.3, -0.25) is 14.5 Å². The van der Waals surface area contributed by atoms with Crippen molar-refractivity contribution in [3.8, 4) is 11.1 Å². The molecular formula is C27H37N3O4S. The van der Waals surface area contributed by atoms with E-state index in [4.69, 9.17) is 4.74 Å². The topological polar surface area (TPSA) is 87.7 Å². The van der Waals surface area contributed by atoms with Crippen LogP contribution < -0.4 is 10.6 Å². The van der Waals surface area contributed by atoms with Crippen LogP contribution in [0.15, 0.2) is 30.3 Å². The van der Waals surface area contributed by atoms with Crippen LogP contribution in [0.25, 0.3) is 11.1 Å². The van der Waals surface area contributed by atoms with Crippen LogP contribution in [0.4, 0.5) is 5.00 Å². The average molecular weight is 500 g/mol.